The van der Waals surface area contributed by atoms with Crippen molar-refractivity contribution >= 4 is 23.1 Å². The first kappa shape index (κ1) is 22.3. The quantitative estimate of drug-likeness (QED) is 0.418. The summed E-state index contributed by atoms with van der Waals surface area (Å²) in [4.78, 5) is 25.6. The van der Waals surface area contributed by atoms with Crippen LogP contribution < -0.4 is 15.4 Å². The minimum Gasteiger partial charge on any atom is -0.497 e. The predicted molar refractivity (Wildman–Crippen MR) is 127 cm³/mol. The van der Waals surface area contributed by atoms with Crippen LogP contribution in [0.1, 0.15) is 45.7 Å². The maximum Gasteiger partial charge on any atom is 0.255 e. The summed E-state index contributed by atoms with van der Waals surface area (Å²) < 4.78 is 18.8. The molecule has 0 fully saturated rings. The molecule has 0 saturated heterocycles. The molecule has 4 rings (SSSR count). The van der Waals surface area contributed by atoms with Crippen molar-refractivity contribution < 1.29 is 18.7 Å². The van der Waals surface area contributed by atoms with Crippen LogP contribution in [0.4, 0.5) is 10.1 Å². The molecule has 1 aliphatic heterocycles. The summed E-state index contributed by atoms with van der Waals surface area (Å²) in [5.74, 6) is -0.423. The van der Waals surface area contributed by atoms with Gasteiger partial charge in [-0.15, -0.1) is 0 Å². The van der Waals surface area contributed by atoms with Gasteiger partial charge in [0.05, 0.1) is 7.11 Å². The highest BCUT2D eigenvalue weighted by atomic mass is 19.1. The van der Waals surface area contributed by atoms with Crippen molar-refractivity contribution in [2.45, 2.75) is 25.8 Å². The predicted octanol–water partition coefficient (Wildman–Crippen LogP) is 5.23. The van der Waals surface area contributed by atoms with E-state index in [1.54, 1.807) is 37.5 Å². The maximum absolute atomic E-state index is 13.4. The zero-order valence-corrected chi connectivity index (χ0v) is 18.7. The van der Waals surface area contributed by atoms with Crippen LogP contribution in [0.5, 0.6) is 5.75 Å². The molecule has 3 aromatic carbocycles. The molecule has 5 nitrogen and oxygen atoms in total. The van der Waals surface area contributed by atoms with Gasteiger partial charge in [-0.05, 0) is 68.3 Å². The largest absolute Gasteiger partial charge is 0.497 e. The smallest absolute Gasteiger partial charge is 0.255 e. The van der Waals surface area contributed by atoms with Crippen molar-refractivity contribution in [2.75, 3.05) is 12.4 Å². The average Bonchev–Trinajstić information content (AvgIpc) is 2.78. The molecule has 0 spiro atoms. The summed E-state index contributed by atoms with van der Waals surface area (Å²) in [6.45, 7) is 4.17. The second-order valence-corrected chi connectivity index (χ2v) is 8.68. The maximum atomic E-state index is 13.4. The lowest BCUT2D eigenvalue weighted by Gasteiger charge is -2.35. The summed E-state index contributed by atoms with van der Waals surface area (Å²) in [5, 5.41) is 6.17. The van der Waals surface area contributed by atoms with Crippen LogP contribution >= 0.6 is 0 Å². The molecule has 2 N–H and O–H groups in total. The van der Waals surface area contributed by atoms with E-state index >= 15 is 0 Å². The van der Waals surface area contributed by atoms with Gasteiger partial charge in [0.15, 0.2) is 5.78 Å². The molecule has 6 heteroatoms. The van der Waals surface area contributed by atoms with Crippen molar-refractivity contribution in [2.24, 2.45) is 0 Å². The topological polar surface area (TPSA) is 67.4 Å². The Morgan fingerprint density at radius 1 is 1.03 bits per heavy atom. The third kappa shape index (κ3) is 5.12. The number of rotatable bonds is 5. The molecular formula is C27H25FN2O3. The van der Waals surface area contributed by atoms with Gasteiger partial charge in [-0.3, -0.25) is 9.59 Å². The number of carbonyl (C=O) groups excluding carboxylic acids is 2. The number of methoxy groups -OCH3 is 1. The molecule has 1 heterocycles. The van der Waals surface area contributed by atoms with Gasteiger partial charge in [-0.2, -0.15) is 0 Å². The third-order valence-electron chi connectivity index (χ3n) is 5.48. The molecule has 0 aromatic heterocycles. The summed E-state index contributed by atoms with van der Waals surface area (Å²) in [6, 6.07) is 18.0. The summed E-state index contributed by atoms with van der Waals surface area (Å²) in [6.07, 6.45) is 2.39. The molecule has 0 radical (unpaired) electrons. The number of allylic oxidation sites excluding steroid dienone is 1. The summed E-state index contributed by atoms with van der Waals surface area (Å²) >= 11 is 0. The van der Waals surface area contributed by atoms with E-state index in [2.05, 4.69) is 24.5 Å². The Labute approximate surface area is 192 Å². The van der Waals surface area contributed by atoms with Gasteiger partial charge < -0.3 is 15.4 Å². The van der Waals surface area contributed by atoms with Crippen LogP contribution in [0.2, 0.25) is 0 Å². The Hall–Kier alpha value is -3.93. The van der Waals surface area contributed by atoms with Crippen molar-refractivity contribution in [3.05, 3.63) is 101 Å². The van der Waals surface area contributed by atoms with Crippen LogP contribution in [0.25, 0.3) is 5.70 Å². The number of carbonyl (C=O) groups is 2. The van der Waals surface area contributed by atoms with Crippen LogP contribution in [0.3, 0.4) is 0 Å². The van der Waals surface area contributed by atoms with E-state index in [0.29, 0.717) is 11.3 Å². The van der Waals surface area contributed by atoms with Gasteiger partial charge in [0.1, 0.15) is 11.6 Å². The lowest BCUT2D eigenvalue weighted by Crippen LogP contribution is -2.43. The number of anilines is 1. The fourth-order valence-corrected chi connectivity index (χ4v) is 3.95. The zero-order valence-electron chi connectivity index (χ0n) is 18.7. The van der Waals surface area contributed by atoms with E-state index in [1.807, 2.05) is 18.2 Å². The Balaban J connectivity index is 1.61. The minimum absolute atomic E-state index is 0.202. The number of ketones is 1. The molecule has 33 heavy (non-hydrogen) atoms. The van der Waals surface area contributed by atoms with E-state index in [4.69, 9.17) is 4.74 Å². The van der Waals surface area contributed by atoms with E-state index in [0.717, 1.165) is 35.1 Å². The van der Waals surface area contributed by atoms with Gasteiger partial charge in [-0.25, -0.2) is 4.39 Å². The van der Waals surface area contributed by atoms with Crippen LogP contribution in [-0.2, 0) is 6.42 Å². The van der Waals surface area contributed by atoms with Gasteiger partial charge in [-0.1, -0.05) is 24.3 Å². The first-order valence-electron chi connectivity index (χ1n) is 10.6. The second-order valence-electron chi connectivity index (χ2n) is 8.68. The molecule has 0 unspecified atom stereocenters. The van der Waals surface area contributed by atoms with E-state index < -0.39 is 11.7 Å². The number of benzene rings is 3. The van der Waals surface area contributed by atoms with Gasteiger partial charge in [0.2, 0.25) is 0 Å². The number of amides is 1. The highest BCUT2D eigenvalue weighted by molar-refractivity contribution is 6.10. The third-order valence-corrected chi connectivity index (χ3v) is 5.48. The molecule has 0 atom stereocenters. The highest BCUT2D eigenvalue weighted by Crippen LogP contribution is 2.32. The SMILES string of the molecule is COc1ccc2c(c1)/C(=C/C(=O)c1cccc(NC(=O)c3cccc(F)c3)c1)NC(C)(C)C2. The second kappa shape index (κ2) is 8.90. The monoisotopic (exact) mass is 444 g/mol. The normalized spacial score (nSPS) is 15.3. The van der Waals surface area contributed by atoms with Crippen LogP contribution in [0, 0.1) is 5.82 Å². The minimum atomic E-state index is -0.488. The van der Waals surface area contributed by atoms with Crippen molar-refractivity contribution in [3.8, 4) is 5.75 Å². The van der Waals surface area contributed by atoms with E-state index in [1.165, 1.54) is 18.2 Å². The first-order chi connectivity index (χ1) is 15.7. The molecule has 0 aliphatic carbocycles. The number of halogens is 1. The van der Waals surface area contributed by atoms with E-state index in [-0.39, 0.29) is 16.9 Å². The standard InChI is InChI=1S/C27H25FN2O3/c1-27(2)16-19-10-11-22(33-3)14-23(19)24(30-27)15-25(31)17-6-5-9-21(13-17)29-26(32)18-7-4-8-20(28)12-18/h4-15,30H,16H2,1-3H3,(H,29,32)/b24-15-. The Morgan fingerprint density at radius 3 is 2.55 bits per heavy atom. The molecule has 0 saturated carbocycles. The Kier molecular flexibility index (Phi) is 6.01. The number of ether oxygens (including phenoxy) is 1. The number of hydrogen-bond acceptors (Lipinski definition) is 4. The molecule has 1 aliphatic rings. The lowest BCUT2D eigenvalue weighted by atomic mass is 9.85. The Bertz CT molecular complexity index is 1260. The number of fused-ring (bicyclic) bond motifs is 1. The average molecular weight is 445 g/mol. The van der Waals surface area contributed by atoms with Crippen molar-refractivity contribution in [3.63, 3.8) is 0 Å². The number of nitrogens with one attached hydrogen (secondary N) is 2. The van der Waals surface area contributed by atoms with Crippen molar-refractivity contribution in [1.29, 1.82) is 0 Å². The Morgan fingerprint density at radius 2 is 1.79 bits per heavy atom. The lowest BCUT2D eigenvalue weighted by molar-refractivity contribution is 0.102. The fraction of sp³-hybridized carbons (Fsp3) is 0.185. The first-order valence-corrected chi connectivity index (χ1v) is 10.6. The number of hydrogen-bond donors (Lipinski definition) is 2. The van der Waals surface area contributed by atoms with Crippen LogP contribution in [-0.4, -0.2) is 24.3 Å². The van der Waals surface area contributed by atoms with Gasteiger partial charge in [0, 0.05) is 39.7 Å². The molecule has 168 valence electrons. The summed E-state index contributed by atoms with van der Waals surface area (Å²) in [7, 11) is 1.61. The summed E-state index contributed by atoms with van der Waals surface area (Å²) in [5.41, 5.74) is 3.65. The van der Waals surface area contributed by atoms with Gasteiger partial charge in [0.25, 0.3) is 5.91 Å². The fourth-order valence-electron chi connectivity index (χ4n) is 3.95. The molecule has 1 amide bonds. The molecule has 0 bridgehead atoms. The van der Waals surface area contributed by atoms with Crippen LogP contribution in [0.15, 0.2) is 72.8 Å². The highest BCUT2D eigenvalue weighted by Gasteiger charge is 2.28. The molecular weight excluding hydrogens is 419 g/mol. The van der Waals surface area contributed by atoms with Crippen molar-refractivity contribution in [1.82, 2.24) is 5.32 Å². The zero-order chi connectivity index (χ0) is 23.6. The van der Waals surface area contributed by atoms with E-state index in [9.17, 15) is 14.0 Å². The van der Waals surface area contributed by atoms with Gasteiger partial charge >= 0.3 is 0 Å². The molecule has 3 aromatic rings.